The molecular formula is C29H35N5O5S. The first kappa shape index (κ1) is 28.0. The number of hydrogen-bond acceptors (Lipinski definition) is 9. The second-order valence-electron chi connectivity index (χ2n) is 11.1. The number of benzene rings is 1. The number of nitrogens with one attached hydrogen (secondary N) is 1. The van der Waals surface area contributed by atoms with Crippen molar-refractivity contribution in [2.24, 2.45) is 11.8 Å². The summed E-state index contributed by atoms with van der Waals surface area (Å²) in [5, 5.41) is 17.6. The second-order valence-corrected chi connectivity index (χ2v) is 12.0. The highest BCUT2D eigenvalue weighted by Crippen LogP contribution is 2.34. The summed E-state index contributed by atoms with van der Waals surface area (Å²) in [6.07, 6.45) is 0.305. The van der Waals surface area contributed by atoms with E-state index in [1.165, 1.54) is 4.90 Å². The van der Waals surface area contributed by atoms with Crippen LogP contribution in [-0.4, -0.2) is 70.0 Å². The van der Waals surface area contributed by atoms with Gasteiger partial charge in [-0.25, -0.2) is 4.98 Å². The molecule has 0 unspecified atom stereocenters. The van der Waals surface area contributed by atoms with Gasteiger partial charge in [0.15, 0.2) is 11.6 Å². The molecule has 212 valence electrons. The number of hydrogen-bond donors (Lipinski definition) is 2. The minimum Gasteiger partial charge on any atom is -0.391 e. The van der Waals surface area contributed by atoms with Crippen molar-refractivity contribution in [3.63, 3.8) is 0 Å². The number of thiazole rings is 1. The van der Waals surface area contributed by atoms with Gasteiger partial charge in [0.25, 0.3) is 0 Å². The third kappa shape index (κ3) is 5.53. The minimum absolute atomic E-state index is 0.0177. The van der Waals surface area contributed by atoms with Gasteiger partial charge in [0.1, 0.15) is 18.2 Å². The summed E-state index contributed by atoms with van der Waals surface area (Å²) >= 11 is 1.59. The van der Waals surface area contributed by atoms with Gasteiger partial charge in [-0.2, -0.15) is 0 Å². The number of rotatable bonds is 9. The van der Waals surface area contributed by atoms with Crippen molar-refractivity contribution in [2.45, 2.75) is 58.2 Å². The Morgan fingerprint density at radius 3 is 2.52 bits per heavy atom. The van der Waals surface area contributed by atoms with Gasteiger partial charge < -0.3 is 29.5 Å². The average Bonchev–Trinajstić information content (AvgIpc) is 3.63. The number of aryl methyl sites for hydroxylation is 1. The molecule has 0 aliphatic carbocycles. The van der Waals surface area contributed by atoms with E-state index in [2.05, 4.69) is 15.5 Å². The molecule has 10 nitrogen and oxygen atoms in total. The second kappa shape index (κ2) is 11.5. The van der Waals surface area contributed by atoms with E-state index in [0.29, 0.717) is 24.7 Å². The molecule has 5 rings (SSSR count). The number of aliphatic hydroxyl groups is 1. The van der Waals surface area contributed by atoms with Gasteiger partial charge >= 0.3 is 0 Å². The summed E-state index contributed by atoms with van der Waals surface area (Å²) in [5.41, 5.74) is 4.82. The number of anilines is 1. The molecule has 2 saturated heterocycles. The molecule has 4 atom stereocenters. The first-order valence-corrected chi connectivity index (χ1v) is 14.5. The zero-order valence-electron chi connectivity index (χ0n) is 23.1. The Bertz CT molecular complexity index is 1360. The Morgan fingerprint density at radius 1 is 1.18 bits per heavy atom. The Morgan fingerprint density at radius 2 is 1.90 bits per heavy atom. The Balaban J connectivity index is 1.27. The van der Waals surface area contributed by atoms with Crippen LogP contribution in [-0.2, 0) is 14.4 Å². The highest BCUT2D eigenvalue weighted by atomic mass is 32.1. The Kier molecular flexibility index (Phi) is 8.04. The first-order chi connectivity index (χ1) is 19.2. The van der Waals surface area contributed by atoms with Crippen molar-refractivity contribution in [3.05, 3.63) is 52.9 Å². The summed E-state index contributed by atoms with van der Waals surface area (Å²) < 4.78 is 5.59. The molecule has 2 aliphatic rings. The number of aldehydes is 1. The predicted octanol–water partition coefficient (Wildman–Crippen LogP) is 3.32. The molecule has 2 fully saturated rings. The summed E-state index contributed by atoms with van der Waals surface area (Å²) in [4.78, 5) is 47.0. The van der Waals surface area contributed by atoms with E-state index in [1.54, 1.807) is 17.4 Å². The van der Waals surface area contributed by atoms with E-state index in [0.717, 1.165) is 28.0 Å². The van der Waals surface area contributed by atoms with Crippen molar-refractivity contribution in [1.29, 1.82) is 0 Å². The molecule has 0 saturated carbocycles. The van der Waals surface area contributed by atoms with E-state index in [9.17, 15) is 19.5 Å². The lowest BCUT2D eigenvalue weighted by Gasteiger charge is -2.35. The molecule has 2 amide bonds. The van der Waals surface area contributed by atoms with Gasteiger partial charge in [-0.15, -0.1) is 11.3 Å². The molecule has 3 aromatic rings. The molecule has 2 aromatic heterocycles. The molecule has 2 N–H and O–H groups in total. The van der Waals surface area contributed by atoms with E-state index in [1.807, 2.05) is 62.4 Å². The number of carbonyl (C=O) groups is 3. The fraction of sp³-hybridized carbons (Fsp3) is 0.483. The number of aromatic nitrogens is 2. The molecule has 0 radical (unpaired) electrons. The van der Waals surface area contributed by atoms with Crippen LogP contribution in [0.15, 0.2) is 40.4 Å². The van der Waals surface area contributed by atoms with Gasteiger partial charge in [-0.3, -0.25) is 9.59 Å². The molecule has 4 heterocycles. The molecular weight excluding hydrogens is 530 g/mol. The van der Waals surface area contributed by atoms with Crippen molar-refractivity contribution >= 4 is 35.3 Å². The van der Waals surface area contributed by atoms with Gasteiger partial charge in [0.05, 0.1) is 28.2 Å². The number of nitrogens with zero attached hydrogens (tertiary/aromatic N) is 4. The third-order valence-electron chi connectivity index (χ3n) is 7.82. The van der Waals surface area contributed by atoms with Crippen LogP contribution in [0.2, 0.25) is 0 Å². The maximum absolute atomic E-state index is 13.8. The Hall–Kier alpha value is -3.57. The molecule has 11 heteroatoms. The highest BCUT2D eigenvalue weighted by Gasteiger charge is 2.43. The predicted molar refractivity (Wildman–Crippen MR) is 151 cm³/mol. The smallest absolute Gasteiger partial charge is 0.243 e. The summed E-state index contributed by atoms with van der Waals surface area (Å²) in [5.74, 6) is -0.390. The minimum atomic E-state index is -0.795. The lowest BCUT2D eigenvalue weighted by molar-refractivity contribution is -0.141. The highest BCUT2D eigenvalue weighted by molar-refractivity contribution is 7.13. The van der Waals surface area contributed by atoms with E-state index < -0.39 is 18.1 Å². The summed E-state index contributed by atoms with van der Waals surface area (Å²) in [7, 11) is 0. The molecule has 0 bridgehead atoms. The van der Waals surface area contributed by atoms with Crippen molar-refractivity contribution in [2.75, 3.05) is 24.5 Å². The fourth-order valence-electron chi connectivity index (χ4n) is 5.48. The Labute approximate surface area is 237 Å². The van der Waals surface area contributed by atoms with Gasteiger partial charge in [-0.05, 0) is 30.9 Å². The van der Waals surface area contributed by atoms with Crippen molar-refractivity contribution in [1.82, 2.24) is 20.4 Å². The fourth-order valence-corrected chi connectivity index (χ4v) is 6.29. The summed E-state index contributed by atoms with van der Waals surface area (Å²) in [6, 6.07) is 8.66. The van der Waals surface area contributed by atoms with Crippen LogP contribution in [0.25, 0.3) is 10.4 Å². The van der Waals surface area contributed by atoms with E-state index >= 15 is 0 Å². The lowest BCUT2D eigenvalue weighted by Crippen LogP contribution is -2.48. The van der Waals surface area contributed by atoms with Crippen LogP contribution in [0.5, 0.6) is 0 Å². The molecule has 1 aromatic carbocycles. The number of likely N-dealkylation sites (tertiary alicyclic amines) is 1. The zero-order chi connectivity index (χ0) is 28.6. The average molecular weight is 566 g/mol. The van der Waals surface area contributed by atoms with E-state index in [4.69, 9.17) is 4.52 Å². The van der Waals surface area contributed by atoms with E-state index in [-0.39, 0.29) is 42.7 Å². The van der Waals surface area contributed by atoms with Gasteiger partial charge in [0, 0.05) is 38.0 Å². The van der Waals surface area contributed by atoms with Crippen molar-refractivity contribution in [3.8, 4) is 10.4 Å². The van der Waals surface area contributed by atoms with Crippen molar-refractivity contribution < 1.29 is 24.0 Å². The maximum atomic E-state index is 13.8. The monoisotopic (exact) mass is 565 g/mol. The first-order valence-electron chi connectivity index (χ1n) is 13.6. The zero-order valence-corrected chi connectivity index (χ0v) is 23.9. The third-order valence-corrected chi connectivity index (χ3v) is 8.80. The van der Waals surface area contributed by atoms with Crippen LogP contribution in [0.4, 0.5) is 5.82 Å². The number of amides is 2. The number of carbonyl (C=O) groups excluding carboxylic acids is 3. The summed E-state index contributed by atoms with van der Waals surface area (Å²) in [6.45, 7) is 8.93. The van der Waals surface area contributed by atoms with Crippen LogP contribution < -0.4 is 10.2 Å². The number of β-amino-alcohol motifs (C(OH)–C–C–N with tert-alkyl or cyclic N) is 1. The normalized spacial score (nSPS) is 20.9. The molecule has 2 aliphatic heterocycles. The SMILES string of the molecule is Cc1ncsc1-c1ccc([C@H](C)NC(=O)[C@@H]2C[C@@H](O)CN2C(=O)[C@@H](c2cc(N3CC(C=O)C3)no2)C(C)C)cc1. The van der Waals surface area contributed by atoms with Crippen LogP contribution >= 0.6 is 11.3 Å². The van der Waals surface area contributed by atoms with Gasteiger partial charge in [-0.1, -0.05) is 43.3 Å². The maximum Gasteiger partial charge on any atom is 0.243 e. The van der Waals surface area contributed by atoms with Gasteiger partial charge in [0.2, 0.25) is 11.8 Å². The van der Waals surface area contributed by atoms with Crippen LogP contribution in [0.3, 0.4) is 0 Å². The lowest BCUT2D eigenvalue weighted by atomic mass is 9.91. The quantitative estimate of drug-likeness (QED) is 0.378. The largest absolute Gasteiger partial charge is 0.391 e. The standard InChI is InChI=1S/C29H35N5O5S/c1-16(2)26(24-10-25(32-39-24)33-11-19(12-33)14-35)29(38)34-13-22(36)9-23(34)28(37)31-17(3)20-5-7-21(8-6-20)27-18(4)30-15-40-27/h5-8,10,14-17,19,22-23,26,36H,9,11-13H2,1-4H3,(H,31,37)/t17-,22+,23-,26+/m0/s1. The molecule has 40 heavy (non-hydrogen) atoms. The molecule has 0 spiro atoms. The van der Waals surface area contributed by atoms with Crippen LogP contribution in [0.1, 0.15) is 56.2 Å². The topological polar surface area (TPSA) is 129 Å². The number of aliphatic hydroxyl groups excluding tert-OH is 1. The van der Waals surface area contributed by atoms with Crippen LogP contribution in [0, 0.1) is 18.8 Å².